The van der Waals surface area contributed by atoms with Crippen LogP contribution < -0.4 is 10.5 Å². The van der Waals surface area contributed by atoms with Crippen LogP contribution in [0.3, 0.4) is 0 Å². The van der Waals surface area contributed by atoms with Crippen LogP contribution in [-0.2, 0) is 0 Å². The minimum absolute atomic E-state index is 0.0450. The summed E-state index contributed by atoms with van der Waals surface area (Å²) in [7, 11) is 0. The van der Waals surface area contributed by atoms with E-state index in [1.807, 2.05) is 0 Å². The van der Waals surface area contributed by atoms with Crippen molar-refractivity contribution in [1.82, 2.24) is 4.98 Å². The number of rotatable bonds is 3. The van der Waals surface area contributed by atoms with E-state index in [1.165, 1.54) is 6.20 Å². The number of amidine groups is 1. The molecule has 0 radical (unpaired) electrons. The molecule has 92 valence electrons. The Hall–Kier alpha value is -1.78. The molecule has 0 bridgehead atoms. The van der Waals surface area contributed by atoms with Gasteiger partial charge in [0, 0.05) is 23.9 Å². The smallest absolute Gasteiger partial charge is 0.219 e. The Morgan fingerprint density at radius 2 is 1.94 bits per heavy atom. The molecule has 0 aliphatic rings. The molecule has 0 unspecified atom stereocenters. The molecule has 0 atom stereocenters. The van der Waals surface area contributed by atoms with Gasteiger partial charge in [-0.3, -0.25) is 5.41 Å². The summed E-state index contributed by atoms with van der Waals surface area (Å²) < 4.78 is 5.50. The topological polar surface area (TPSA) is 72.0 Å². The number of ether oxygens (including phenoxy) is 1. The van der Waals surface area contributed by atoms with Gasteiger partial charge in [-0.2, -0.15) is 0 Å². The number of nitrogens with one attached hydrogen (secondary N) is 1. The summed E-state index contributed by atoms with van der Waals surface area (Å²) in [6, 6.07) is 8.10. The van der Waals surface area contributed by atoms with Crippen molar-refractivity contribution >= 4 is 29.0 Å². The molecule has 6 heteroatoms. The number of aromatic nitrogens is 1. The second-order valence-electron chi connectivity index (χ2n) is 3.47. The number of nitrogens with two attached hydrogens (primary N) is 1. The maximum absolute atomic E-state index is 7.33. The van der Waals surface area contributed by atoms with E-state index in [0.717, 1.165) is 0 Å². The fraction of sp³-hybridized carbons (Fsp3) is 0. The van der Waals surface area contributed by atoms with E-state index < -0.39 is 0 Å². The molecule has 2 aromatic rings. The van der Waals surface area contributed by atoms with E-state index >= 15 is 0 Å². The van der Waals surface area contributed by atoms with Crippen LogP contribution in [0.2, 0.25) is 10.0 Å². The lowest BCUT2D eigenvalue weighted by atomic mass is 10.2. The minimum atomic E-state index is -0.0450. The van der Waals surface area contributed by atoms with Gasteiger partial charge >= 0.3 is 0 Å². The first-order chi connectivity index (χ1) is 8.56. The highest BCUT2D eigenvalue weighted by atomic mass is 35.5. The van der Waals surface area contributed by atoms with Crippen LogP contribution in [0.5, 0.6) is 11.6 Å². The summed E-state index contributed by atoms with van der Waals surface area (Å²) in [5, 5.41) is 8.18. The van der Waals surface area contributed by atoms with Crippen molar-refractivity contribution in [2.75, 3.05) is 0 Å². The molecule has 0 amide bonds. The summed E-state index contributed by atoms with van der Waals surface area (Å²) >= 11 is 11.7. The first-order valence-corrected chi connectivity index (χ1v) is 5.75. The monoisotopic (exact) mass is 281 g/mol. The minimum Gasteiger partial charge on any atom is -0.439 e. The highest BCUT2D eigenvalue weighted by molar-refractivity contribution is 6.42. The molecule has 1 aromatic carbocycles. The number of nitrogen functional groups attached to an aromatic ring is 1. The van der Waals surface area contributed by atoms with Crippen molar-refractivity contribution in [3.8, 4) is 11.6 Å². The van der Waals surface area contributed by atoms with Crippen molar-refractivity contribution in [3.63, 3.8) is 0 Å². The standard InChI is InChI=1S/C12H9Cl2N3O/c13-9-2-1-8(6-10(9)14)18-11-5-7(12(15)16)3-4-17-11/h1-6H,(H3,15,16). The number of pyridine rings is 1. The van der Waals surface area contributed by atoms with Gasteiger partial charge in [0.25, 0.3) is 0 Å². The van der Waals surface area contributed by atoms with Crippen LogP contribution in [0.4, 0.5) is 0 Å². The van der Waals surface area contributed by atoms with Crippen LogP contribution in [0, 0.1) is 5.41 Å². The first-order valence-electron chi connectivity index (χ1n) is 4.99. The quantitative estimate of drug-likeness (QED) is 0.668. The van der Waals surface area contributed by atoms with E-state index in [4.69, 9.17) is 39.1 Å². The van der Waals surface area contributed by atoms with Crippen LogP contribution in [0.1, 0.15) is 5.56 Å². The summed E-state index contributed by atoms with van der Waals surface area (Å²) in [5.41, 5.74) is 5.92. The second-order valence-corrected chi connectivity index (χ2v) is 4.29. The largest absolute Gasteiger partial charge is 0.439 e. The van der Waals surface area contributed by atoms with Gasteiger partial charge in [-0.15, -0.1) is 0 Å². The summed E-state index contributed by atoms with van der Waals surface area (Å²) in [4.78, 5) is 4.02. The maximum atomic E-state index is 7.33. The Kier molecular flexibility index (Phi) is 3.69. The van der Waals surface area contributed by atoms with Crippen molar-refractivity contribution in [2.45, 2.75) is 0 Å². The van der Waals surface area contributed by atoms with E-state index in [2.05, 4.69) is 4.98 Å². The van der Waals surface area contributed by atoms with E-state index in [9.17, 15) is 0 Å². The lowest BCUT2D eigenvalue weighted by Crippen LogP contribution is -2.11. The molecule has 0 spiro atoms. The average molecular weight is 282 g/mol. The fourth-order valence-electron chi connectivity index (χ4n) is 1.29. The van der Waals surface area contributed by atoms with Crippen molar-refractivity contribution in [3.05, 3.63) is 52.1 Å². The molecular formula is C12H9Cl2N3O. The Morgan fingerprint density at radius 1 is 1.17 bits per heavy atom. The Balaban J connectivity index is 2.25. The number of halogens is 2. The summed E-state index contributed by atoms with van der Waals surface area (Å²) in [5.74, 6) is 0.801. The summed E-state index contributed by atoms with van der Waals surface area (Å²) in [6.45, 7) is 0. The van der Waals surface area contributed by atoms with E-state index in [1.54, 1.807) is 30.3 Å². The molecule has 0 aliphatic heterocycles. The van der Waals surface area contributed by atoms with Gasteiger partial charge in [0.1, 0.15) is 11.6 Å². The molecule has 1 heterocycles. The third-order valence-electron chi connectivity index (χ3n) is 2.16. The average Bonchev–Trinajstić information content (AvgIpc) is 2.34. The highest BCUT2D eigenvalue weighted by Gasteiger charge is 2.04. The predicted molar refractivity (Wildman–Crippen MR) is 71.8 cm³/mol. The van der Waals surface area contributed by atoms with Gasteiger partial charge in [-0.1, -0.05) is 23.2 Å². The lowest BCUT2D eigenvalue weighted by molar-refractivity contribution is 0.463. The van der Waals surface area contributed by atoms with Crippen LogP contribution in [0.15, 0.2) is 36.5 Å². The number of nitrogens with zero attached hydrogens (tertiary/aromatic N) is 1. The molecule has 0 saturated heterocycles. The molecule has 4 nitrogen and oxygen atoms in total. The molecule has 0 aliphatic carbocycles. The normalized spacial score (nSPS) is 10.1. The molecule has 18 heavy (non-hydrogen) atoms. The summed E-state index contributed by atoms with van der Waals surface area (Å²) in [6.07, 6.45) is 1.52. The van der Waals surface area contributed by atoms with Gasteiger partial charge in [0.2, 0.25) is 5.88 Å². The van der Waals surface area contributed by atoms with Crippen LogP contribution >= 0.6 is 23.2 Å². The van der Waals surface area contributed by atoms with Gasteiger partial charge in [0.05, 0.1) is 10.0 Å². The van der Waals surface area contributed by atoms with E-state index in [-0.39, 0.29) is 5.84 Å². The van der Waals surface area contributed by atoms with Crippen LogP contribution in [-0.4, -0.2) is 10.8 Å². The molecule has 0 saturated carbocycles. The van der Waals surface area contributed by atoms with E-state index in [0.29, 0.717) is 27.2 Å². The van der Waals surface area contributed by atoms with Crippen molar-refractivity contribution in [2.24, 2.45) is 5.73 Å². The molecule has 2 rings (SSSR count). The number of benzene rings is 1. The maximum Gasteiger partial charge on any atom is 0.219 e. The zero-order chi connectivity index (χ0) is 13.1. The molecule has 3 N–H and O–H groups in total. The second kappa shape index (κ2) is 5.25. The number of hydrogen-bond acceptors (Lipinski definition) is 3. The molecular weight excluding hydrogens is 273 g/mol. The Bertz CT molecular complexity index is 602. The van der Waals surface area contributed by atoms with Gasteiger partial charge < -0.3 is 10.5 Å². The third-order valence-corrected chi connectivity index (χ3v) is 2.90. The van der Waals surface area contributed by atoms with Crippen molar-refractivity contribution in [1.29, 1.82) is 5.41 Å². The van der Waals surface area contributed by atoms with Gasteiger partial charge in [0.15, 0.2) is 0 Å². The Morgan fingerprint density at radius 3 is 2.61 bits per heavy atom. The zero-order valence-corrected chi connectivity index (χ0v) is 10.7. The molecule has 1 aromatic heterocycles. The molecule has 0 fully saturated rings. The van der Waals surface area contributed by atoms with Crippen molar-refractivity contribution < 1.29 is 4.74 Å². The first kappa shape index (κ1) is 12.7. The fourth-order valence-corrected chi connectivity index (χ4v) is 1.58. The third kappa shape index (κ3) is 2.91. The van der Waals surface area contributed by atoms with Crippen LogP contribution in [0.25, 0.3) is 0 Å². The SMILES string of the molecule is N=C(N)c1ccnc(Oc2ccc(Cl)c(Cl)c2)c1. The number of hydrogen-bond donors (Lipinski definition) is 2. The highest BCUT2D eigenvalue weighted by Crippen LogP contribution is 2.28. The van der Waals surface area contributed by atoms with Gasteiger partial charge in [-0.05, 0) is 18.2 Å². The predicted octanol–water partition coefficient (Wildman–Crippen LogP) is 3.46. The van der Waals surface area contributed by atoms with Gasteiger partial charge in [-0.25, -0.2) is 4.98 Å². The lowest BCUT2D eigenvalue weighted by Gasteiger charge is -2.06. The zero-order valence-electron chi connectivity index (χ0n) is 9.15. The Labute approximate surface area is 114 Å².